The number of ether oxygens (including phenoxy) is 2. The molecule has 2 rings (SSSR count). The molecule has 1 aromatic rings. The van der Waals surface area contributed by atoms with Crippen LogP contribution in [0.4, 0.5) is 11.4 Å². The molecule has 1 fully saturated rings. The predicted octanol–water partition coefficient (Wildman–Crippen LogP) is 1.58. The number of hydrogen-bond acceptors (Lipinski definition) is 6. The summed E-state index contributed by atoms with van der Waals surface area (Å²) in [7, 11) is 0. The van der Waals surface area contributed by atoms with Gasteiger partial charge in [-0.2, -0.15) is 0 Å². The molecule has 0 spiro atoms. The van der Waals surface area contributed by atoms with Crippen LogP contribution < -0.4 is 9.64 Å². The van der Waals surface area contributed by atoms with Gasteiger partial charge in [-0.25, -0.2) is 0 Å². The van der Waals surface area contributed by atoms with Crippen LogP contribution in [-0.4, -0.2) is 48.5 Å². The summed E-state index contributed by atoms with van der Waals surface area (Å²) >= 11 is 0. The van der Waals surface area contributed by atoms with Gasteiger partial charge < -0.3 is 19.5 Å². The van der Waals surface area contributed by atoms with Crippen molar-refractivity contribution in [3.63, 3.8) is 0 Å². The van der Waals surface area contributed by atoms with Gasteiger partial charge in [-0.05, 0) is 26.0 Å². The predicted molar refractivity (Wildman–Crippen MR) is 77.9 cm³/mol. The number of aliphatic hydroxyl groups excluding tert-OH is 1. The molecule has 1 aliphatic heterocycles. The van der Waals surface area contributed by atoms with E-state index in [1.54, 1.807) is 18.2 Å². The third kappa shape index (κ3) is 3.43. The molecule has 7 heteroatoms. The molecular weight excluding hydrogens is 276 g/mol. The van der Waals surface area contributed by atoms with Crippen molar-refractivity contribution in [1.29, 1.82) is 0 Å². The van der Waals surface area contributed by atoms with E-state index < -0.39 is 4.92 Å². The fourth-order valence-corrected chi connectivity index (χ4v) is 2.40. The van der Waals surface area contributed by atoms with E-state index in [1.165, 1.54) is 0 Å². The van der Waals surface area contributed by atoms with E-state index in [0.717, 1.165) is 0 Å². The lowest BCUT2D eigenvalue weighted by molar-refractivity contribution is -0.385. The zero-order valence-electron chi connectivity index (χ0n) is 12.2. The van der Waals surface area contributed by atoms with Crippen LogP contribution in [0.3, 0.4) is 0 Å². The van der Waals surface area contributed by atoms with E-state index in [9.17, 15) is 15.2 Å². The van der Waals surface area contributed by atoms with Gasteiger partial charge in [0.15, 0.2) is 5.75 Å². The van der Waals surface area contributed by atoms with E-state index >= 15 is 0 Å². The Balaban J connectivity index is 2.44. The fraction of sp³-hybridized carbons (Fsp3) is 0.571. The Morgan fingerprint density at radius 1 is 1.57 bits per heavy atom. The number of anilines is 1. The molecule has 0 radical (unpaired) electrons. The number of hydrogen-bond donors (Lipinski definition) is 1. The summed E-state index contributed by atoms with van der Waals surface area (Å²) in [5.41, 5.74) is 0.395. The minimum absolute atomic E-state index is 0.0634. The Bertz CT molecular complexity index is 506. The van der Waals surface area contributed by atoms with Gasteiger partial charge >= 0.3 is 5.69 Å². The van der Waals surface area contributed by atoms with Crippen molar-refractivity contribution in [1.82, 2.24) is 0 Å². The molecule has 1 aromatic carbocycles. The fourth-order valence-electron chi connectivity index (χ4n) is 2.40. The van der Waals surface area contributed by atoms with Gasteiger partial charge in [0.2, 0.25) is 0 Å². The van der Waals surface area contributed by atoms with Crippen molar-refractivity contribution < 1.29 is 19.5 Å². The molecule has 1 aliphatic rings. The Morgan fingerprint density at radius 3 is 2.95 bits per heavy atom. The maximum atomic E-state index is 11.5. The maximum Gasteiger partial charge on any atom is 0.333 e. The molecule has 21 heavy (non-hydrogen) atoms. The van der Waals surface area contributed by atoms with Gasteiger partial charge in [-0.15, -0.1) is 0 Å². The summed E-state index contributed by atoms with van der Waals surface area (Å²) < 4.78 is 10.9. The van der Waals surface area contributed by atoms with E-state index in [2.05, 4.69) is 0 Å². The normalized spacial score (nSPS) is 18.9. The maximum absolute atomic E-state index is 11.5. The van der Waals surface area contributed by atoms with Crippen LogP contribution in [0.5, 0.6) is 5.75 Å². The van der Waals surface area contributed by atoms with Crippen molar-refractivity contribution in [2.24, 2.45) is 0 Å². The monoisotopic (exact) mass is 296 g/mol. The molecule has 1 atom stereocenters. The van der Waals surface area contributed by atoms with Gasteiger partial charge in [0.1, 0.15) is 5.69 Å². The van der Waals surface area contributed by atoms with Gasteiger partial charge in [0.25, 0.3) is 0 Å². The van der Waals surface area contributed by atoms with E-state index in [1.807, 2.05) is 18.7 Å². The minimum atomic E-state index is -0.434. The average Bonchev–Trinajstić information content (AvgIpc) is 2.46. The molecule has 7 nitrogen and oxygen atoms in total. The van der Waals surface area contributed by atoms with E-state index in [-0.39, 0.29) is 30.2 Å². The lowest BCUT2D eigenvalue weighted by atomic mass is 10.1. The third-order valence-electron chi connectivity index (χ3n) is 3.27. The number of morpholine rings is 1. The molecule has 0 aliphatic carbocycles. The summed E-state index contributed by atoms with van der Waals surface area (Å²) in [6.45, 7) is 4.85. The molecule has 0 bridgehead atoms. The van der Waals surface area contributed by atoms with E-state index in [4.69, 9.17) is 9.47 Å². The third-order valence-corrected chi connectivity index (χ3v) is 3.27. The van der Waals surface area contributed by atoms with Gasteiger partial charge in [-0.3, -0.25) is 10.1 Å². The molecule has 0 aromatic heterocycles. The molecule has 0 saturated carbocycles. The molecule has 1 unspecified atom stereocenters. The Kier molecular flexibility index (Phi) is 4.98. The summed E-state index contributed by atoms with van der Waals surface area (Å²) in [6.07, 6.45) is -0.155. The van der Waals surface area contributed by atoms with Crippen LogP contribution in [0.2, 0.25) is 0 Å². The molecule has 1 saturated heterocycles. The lowest BCUT2D eigenvalue weighted by Crippen LogP contribution is -2.47. The topological polar surface area (TPSA) is 85.1 Å². The SMILES string of the molecule is CC(C)Oc1cccc(N2CCOCC2CO)c1[N+](=O)[O-]. The van der Waals surface area contributed by atoms with Crippen LogP contribution in [-0.2, 0) is 4.74 Å². The van der Waals surface area contributed by atoms with Crippen LogP contribution in [0.15, 0.2) is 18.2 Å². The first-order chi connectivity index (χ1) is 10.0. The first-order valence-electron chi connectivity index (χ1n) is 6.94. The highest BCUT2D eigenvalue weighted by atomic mass is 16.6. The number of nitro groups is 1. The second-order valence-corrected chi connectivity index (χ2v) is 5.15. The van der Waals surface area contributed by atoms with Gasteiger partial charge in [0.05, 0.1) is 36.9 Å². The Morgan fingerprint density at radius 2 is 2.33 bits per heavy atom. The van der Waals surface area contributed by atoms with Gasteiger partial charge in [-0.1, -0.05) is 6.07 Å². The number of nitro benzene ring substituents is 1. The number of nitrogens with zero attached hydrogens (tertiary/aromatic N) is 2. The standard InChI is InChI=1S/C14H20N2O5/c1-10(2)21-13-5-3-4-12(14(13)16(18)19)15-6-7-20-9-11(15)8-17/h3-5,10-11,17H,6-9H2,1-2H3. The van der Waals surface area contributed by atoms with Crippen molar-refractivity contribution in [2.75, 3.05) is 31.3 Å². The van der Waals surface area contributed by atoms with Crippen molar-refractivity contribution in [3.8, 4) is 5.75 Å². The van der Waals surface area contributed by atoms with Crippen LogP contribution in [0, 0.1) is 10.1 Å². The zero-order chi connectivity index (χ0) is 15.4. The summed E-state index contributed by atoms with van der Waals surface area (Å²) in [5, 5.41) is 20.9. The minimum Gasteiger partial charge on any atom is -0.484 e. The lowest BCUT2D eigenvalue weighted by Gasteiger charge is -2.36. The van der Waals surface area contributed by atoms with Crippen LogP contribution in [0.1, 0.15) is 13.8 Å². The quantitative estimate of drug-likeness (QED) is 0.656. The highest BCUT2D eigenvalue weighted by Crippen LogP contribution is 2.38. The highest BCUT2D eigenvalue weighted by molar-refractivity contribution is 5.70. The number of para-hydroxylation sites is 1. The first kappa shape index (κ1) is 15.5. The highest BCUT2D eigenvalue weighted by Gasteiger charge is 2.31. The second kappa shape index (κ2) is 6.73. The molecule has 116 valence electrons. The number of aliphatic hydroxyl groups is 1. The Hall–Kier alpha value is -1.86. The second-order valence-electron chi connectivity index (χ2n) is 5.15. The summed E-state index contributed by atoms with van der Waals surface area (Å²) in [6, 6.07) is 4.71. The van der Waals surface area contributed by atoms with Crippen molar-refractivity contribution in [2.45, 2.75) is 26.0 Å². The largest absolute Gasteiger partial charge is 0.484 e. The smallest absolute Gasteiger partial charge is 0.333 e. The average molecular weight is 296 g/mol. The van der Waals surface area contributed by atoms with Crippen LogP contribution in [0.25, 0.3) is 0 Å². The number of benzene rings is 1. The van der Waals surface area contributed by atoms with Crippen molar-refractivity contribution >= 4 is 11.4 Å². The van der Waals surface area contributed by atoms with Crippen molar-refractivity contribution in [3.05, 3.63) is 28.3 Å². The Labute approximate surface area is 123 Å². The zero-order valence-corrected chi connectivity index (χ0v) is 12.2. The number of rotatable bonds is 5. The summed E-state index contributed by atoms with van der Waals surface area (Å²) in [5.74, 6) is 0.246. The van der Waals surface area contributed by atoms with E-state index in [0.29, 0.717) is 25.4 Å². The molecule has 1 N–H and O–H groups in total. The molecular formula is C14H20N2O5. The molecule has 1 heterocycles. The molecule has 0 amide bonds. The van der Waals surface area contributed by atoms with Gasteiger partial charge in [0, 0.05) is 6.54 Å². The summed E-state index contributed by atoms with van der Waals surface area (Å²) in [4.78, 5) is 12.8. The van der Waals surface area contributed by atoms with Crippen LogP contribution >= 0.6 is 0 Å². The first-order valence-corrected chi connectivity index (χ1v) is 6.94.